The van der Waals surface area contributed by atoms with Gasteiger partial charge in [0, 0.05) is 7.97 Å². The van der Waals surface area contributed by atoms with Gasteiger partial charge in [0.1, 0.15) is 6.61 Å². The third-order valence-electron chi connectivity index (χ3n) is 0.979. The molecule has 0 amide bonds. The molecule has 3 heteroatoms. The van der Waals surface area contributed by atoms with Gasteiger partial charge in [0.15, 0.2) is 5.78 Å². The SMILES string of the molecule is CCNCCOCC(C)=O.[HH]. The standard InChI is InChI=1S/C7H15NO2.H2/c1-3-8-4-5-10-6-7(2)9;/h8H,3-6H2,1-2H3;1H. The number of ketones is 1. The molecule has 0 aliphatic rings. The average molecular weight is 147 g/mol. The molecule has 10 heavy (non-hydrogen) atoms. The van der Waals surface area contributed by atoms with Crippen molar-refractivity contribution in [1.82, 2.24) is 5.32 Å². The predicted octanol–water partition coefficient (Wildman–Crippen LogP) is 0.447. The van der Waals surface area contributed by atoms with Crippen LogP contribution in [0, 0.1) is 0 Å². The van der Waals surface area contributed by atoms with E-state index in [0.29, 0.717) is 6.61 Å². The minimum Gasteiger partial charge on any atom is -0.372 e. The second-order valence-corrected chi connectivity index (χ2v) is 2.11. The Morgan fingerprint density at radius 3 is 2.90 bits per heavy atom. The topological polar surface area (TPSA) is 38.3 Å². The average Bonchev–Trinajstić information content (AvgIpc) is 1.87. The number of hydrogen-bond donors (Lipinski definition) is 1. The number of Topliss-reactive ketones (excluding diaryl/α,β-unsaturated/α-hetero) is 1. The van der Waals surface area contributed by atoms with Crippen molar-refractivity contribution < 1.29 is 11.0 Å². The molecule has 0 saturated carbocycles. The van der Waals surface area contributed by atoms with Crippen LogP contribution < -0.4 is 5.32 Å². The van der Waals surface area contributed by atoms with Crippen molar-refractivity contribution in [1.29, 1.82) is 0 Å². The molecule has 0 aliphatic carbocycles. The van der Waals surface area contributed by atoms with Gasteiger partial charge in [-0.15, -0.1) is 0 Å². The number of nitrogens with one attached hydrogen (secondary N) is 1. The lowest BCUT2D eigenvalue weighted by Crippen LogP contribution is -2.20. The molecule has 0 radical (unpaired) electrons. The second kappa shape index (κ2) is 6.71. The maximum absolute atomic E-state index is 10.3. The zero-order valence-corrected chi connectivity index (χ0v) is 6.64. The zero-order chi connectivity index (χ0) is 7.82. The van der Waals surface area contributed by atoms with Crippen LogP contribution in [0.1, 0.15) is 15.3 Å². The van der Waals surface area contributed by atoms with E-state index in [0.717, 1.165) is 13.1 Å². The summed E-state index contributed by atoms with van der Waals surface area (Å²) in [7, 11) is 0. The fraction of sp³-hybridized carbons (Fsp3) is 0.857. The molecule has 0 aromatic rings. The van der Waals surface area contributed by atoms with E-state index in [1.165, 1.54) is 6.92 Å². The maximum Gasteiger partial charge on any atom is 0.155 e. The quantitative estimate of drug-likeness (QED) is 0.554. The molecule has 0 heterocycles. The van der Waals surface area contributed by atoms with Crippen LogP contribution in [0.25, 0.3) is 0 Å². The highest BCUT2D eigenvalue weighted by molar-refractivity contribution is 5.76. The van der Waals surface area contributed by atoms with Gasteiger partial charge < -0.3 is 10.1 Å². The van der Waals surface area contributed by atoms with Crippen LogP contribution in [-0.2, 0) is 9.53 Å². The fourth-order valence-corrected chi connectivity index (χ4v) is 0.537. The summed E-state index contributed by atoms with van der Waals surface area (Å²) in [6.45, 7) is 6.18. The summed E-state index contributed by atoms with van der Waals surface area (Å²) in [6.07, 6.45) is 0. The van der Waals surface area contributed by atoms with Crippen LogP contribution in [0.2, 0.25) is 0 Å². The molecule has 0 spiro atoms. The van der Waals surface area contributed by atoms with E-state index in [-0.39, 0.29) is 13.8 Å². The molecular weight excluding hydrogens is 130 g/mol. The molecule has 0 unspecified atom stereocenters. The highest BCUT2D eigenvalue weighted by Gasteiger charge is 1.90. The molecule has 0 saturated heterocycles. The molecule has 3 nitrogen and oxygen atoms in total. The first-order valence-electron chi connectivity index (χ1n) is 3.55. The van der Waals surface area contributed by atoms with Crippen LogP contribution >= 0.6 is 0 Å². The Hall–Kier alpha value is -0.410. The van der Waals surface area contributed by atoms with Crippen LogP contribution in [0.5, 0.6) is 0 Å². The Balaban J connectivity index is 0. The summed E-state index contributed by atoms with van der Waals surface area (Å²) in [4.78, 5) is 10.3. The van der Waals surface area contributed by atoms with Crippen molar-refractivity contribution in [3.63, 3.8) is 0 Å². The third kappa shape index (κ3) is 7.59. The van der Waals surface area contributed by atoms with Gasteiger partial charge in [-0.1, -0.05) is 6.92 Å². The number of carbonyl (C=O) groups excluding carboxylic acids is 1. The molecule has 1 N–H and O–H groups in total. The van der Waals surface area contributed by atoms with Gasteiger partial charge in [-0.05, 0) is 13.5 Å². The van der Waals surface area contributed by atoms with Gasteiger partial charge in [-0.3, -0.25) is 4.79 Å². The molecule has 0 bridgehead atoms. The summed E-state index contributed by atoms with van der Waals surface area (Å²) >= 11 is 0. The molecular formula is C7H17NO2. The number of hydrogen-bond acceptors (Lipinski definition) is 3. The van der Waals surface area contributed by atoms with E-state index < -0.39 is 0 Å². The summed E-state index contributed by atoms with van der Waals surface area (Å²) < 4.78 is 4.99. The molecule has 0 fully saturated rings. The summed E-state index contributed by atoms with van der Waals surface area (Å²) in [5.41, 5.74) is 0. The summed E-state index contributed by atoms with van der Waals surface area (Å²) in [6, 6.07) is 0. The number of rotatable bonds is 6. The van der Waals surface area contributed by atoms with Crippen LogP contribution in [0.3, 0.4) is 0 Å². The lowest BCUT2D eigenvalue weighted by Gasteiger charge is -2.00. The highest BCUT2D eigenvalue weighted by Crippen LogP contribution is 1.74. The first kappa shape index (κ1) is 9.59. The lowest BCUT2D eigenvalue weighted by molar-refractivity contribution is -0.121. The Kier molecular flexibility index (Phi) is 6.43. The van der Waals surface area contributed by atoms with E-state index in [9.17, 15) is 4.79 Å². The summed E-state index contributed by atoms with van der Waals surface area (Å²) in [5, 5.41) is 3.09. The van der Waals surface area contributed by atoms with Crippen molar-refractivity contribution in [2.75, 3.05) is 26.3 Å². The lowest BCUT2D eigenvalue weighted by atomic mass is 10.5. The third-order valence-corrected chi connectivity index (χ3v) is 0.979. The van der Waals surface area contributed by atoms with Gasteiger partial charge in [-0.25, -0.2) is 0 Å². The Labute approximate surface area is 63.2 Å². The summed E-state index contributed by atoms with van der Waals surface area (Å²) in [5.74, 6) is 0.0801. The van der Waals surface area contributed by atoms with Crippen molar-refractivity contribution in [3.8, 4) is 0 Å². The van der Waals surface area contributed by atoms with E-state index in [1.807, 2.05) is 6.92 Å². The van der Waals surface area contributed by atoms with Crippen molar-refractivity contribution in [2.45, 2.75) is 13.8 Å². The van der Waals surface area contributed by atoms with Crippen LogP contribution in [-0.4, -0.2) is 32.1 Å². The second-order valence-electron chi connectivity index (χ2n) is 2.11. The van der Waals surface area contributed by atoms with Crippen molar-refractivity contribution in [3.05, 3.63) is 0 Å². The molecule has 0 atom stereocenters. The van der Waals surface area contributed by atoms with E-state index in [1.54, 1.807) is 0 Å². The largest absolute Gasteiger partial charge is 0.372 e. The minimum atomic E-state index is 0. The van der Waals surface area contributed by atoms with Crippen LogP contribution in [0.15, 0.2) is 0 Å². The molecule has 0 aromatic carbocycles. The first-order valence-corrected chi connectivity index (χ1v) is 3.55. The Morgan fingerprint density at radius 2 is 2.40 bits per heavy atom. The first-order chi connectivity index (χ1) is 4.77. The van der Waals surface area contributed by atoms with Gasteiger partial charge in [0.2, 0.25) is 0 Å². The normalized spacial score (nSPS) is 9.80. The zero-order valence-electron chi connectivity index (χ0n) is 6.64. The molecule has 0 aliphatic heterocycles. The van der Waals surface area contributed by atoms with Gasteiger partial charge in [-0.2, -0.15) is 0 Å². The van der Waals surface area contributed by atoms with E-state index >= 15 is 0 Å². The molecule has 62 valence electrons. The van der Waals surface area contributed by atoms with E-state index in [4.69, 9.17) is 4.74 Å². The molecule has 0 aromatic heterocycles. The number of carbonyl (C=O) groups is 1. The van der Waals surface area contributed by atoms with Gasteiger partial charge >= 0.3 is 0 Å². The van der Waals surface area contributed by atoms with E-state index in [2.05, 4.69) is 5.32 Å². The highest BCUT2D eigenvalue weighted by atomic mass is 16.5. The Bertz CT molecular complexity index is 98.4. The van der Waals surface area contributed by atoms with Crippen LogP contribution in [0.4, 0.5) is 0 Å². The minimum absolute atomic E-state index is 0. The predicted molar refractivity (Wildman–Crippen MR) is 42.2 cm³/mol. The van der Waals surface area contributed by atoms with Crippen molar-refractivity contribution >= 4 is 5.78 Å². The molecule has 0 rings (SSSR count). The fourth-order valence-electron chi connectivity index (χ4n) is 0.537. The smallest absolute Gasteiger partial charge is 0.155 e. The van der Waals surface area contributed by atoms with Crippen molar-refractivity contribution in [2.24, 2.45) is 0 Å². The van der Waals surface area contributed by atoms with Gasteiger partial charge in [0.05, 0.1) is 6.61 Å². The maximum atomic E-state index is 10.3. The van der Waals surface area contributed by atoms with Gasteiger partial charge in [0.25, 0.3) is 0 Å². The Morgan fingerprint density at radius 1 is 1.70 bits per heavy atom. The number of ether oxygens (including phenoxy) is 1. The monoisotopic (exact) mass is 147 g/mol. The number of likely N-dealkylation sites (N-methyl/N-ethyl adjacent to an activating group) is 1.